The molecule has 0 unspecified atom stereocenters. The van der Waals surface area contributed by atoms with Crippen molar-refractivity contribution in [1.82, 2.24) is 14.7 Å². The first-order chi connectivity index (χ1) is 8.44. The van der Waals surface area contributed by atoms with Gasteiger partial charge in [-0.05, 0) is 18.5 Å². The molecule has 3 heteroatoms. The summed E-state index contributed by atoms with van der Waals surface area (Å²) < 4.78 is 0. The molecule has 1 saturated heterocycles. The molecule has 0 amide bonds. The fourth-order valence-electron chi connectivity index (χ4n) is 2.65. The molecule has 0 bridgehead atoms. The van der Waals surface area contributed by atoms with Crippen molar-refractivity contribution >= 4 is 0 Å². The number of likely N-dealkylation sites (N-methyl/N-ethyl adjacent to an activating group) is 2. The van der Waals surface area contributed by atoms with Crippen molar-refractivity contribution in [3.8, 4) is 0 Å². The maximum absolute atomic E-state index is 2.65. The van der Waals surface area contributed by atoms with Gasteiger partial charge in [-0.15, -0.1) is 0 Å². The van der Waals surface area contributed by atoms with Crippen LogP contribution in [0.2, 0.25) is 0 Å². The molecular weight excluding hydrogens is 222 g/mol. The number of rotatable bonds is 3. The first kappa shape index (κ1) is 15.9. The second kappa shape index (κ2) is 7.46. The van der Waals surface area contributed by atoms with Crippen LogP contribution in [-0.2, 0) is 0 Å². The lowest BCUT2D eigenvalue weighted by Crippen LogP contribution is -2.40. The average molecular weight is 255 g/mol. The van der Waals surface area contributed by atoms with E-state index in [1.165, 1.54) is 58.9 Å². The van der Waals surface area contributed by atoms with Crippen LogP contribution in [0, 0.1) is 5.41 Å². The van der Waals surface area contributed by atoms with E-state index in [4.69, 9.17) is 0 Å². The molecule has 1 aliphatic heterocycles. The predicted octanol–water partition coefficient (Wildman–Crippen LogP) is 1.99. The Morgan fingerprint density at radius 3 is 1.28 bits per heavy atom. The molecule has 1 aliphatic rings. The Morgan fingerprint density at radius 2 is 1.00 bits per heavy atom. The third kappa shape index (κ3) is 6.17. The molecule has 0 saturated carbocycles. The Morgan fingerprint density at radius 1 is 0.667 bits per heavy atom. The van der Waals surface area contributed by atoms with Crippen molar-refractivity contribution in [2.45, 2.75) is 34.6 Å². The van der Waals surface area contributed by atoms with Crippen molar-refractivity contribution < 1.29 is 0 Å². The summed E-state index contributed by atoms with van der Waals surface area (Å²) in [6.07, 6.45) is 0. The van der Waals surface area contributed by atoms with Crippen molar-refractivity contribution in [2.24, 2.45) is 5.41 Å². The Bertz CT molecular complexity index is 206. The van der Waals surface area contributed by atoms with E-state index in [1.807, 2.05) is 0 Å². The zero-order valence-corrected chi connectivity index (χ0v) is 13.2. The molecule has 0 aliphatic carbocycles. The molecule has 108 valence electrons. The largest absolute Gasteiger partial charge is 0.301 e. The summed E-state index contributed by atoms with van der Waals surface area (Å²) in [5.41, 5.74) is 0.405. The van der Waals surface area contributed by atoms with Gasteiger partial charge in [0.2, 0.25) is 0 Å². The van der Waals surface area contributed by atoms with Crippen LogP contribution in [0.15, 0.2) is 0 Å². The fraction of sp³-hybridized carbons (Fsp3) is 1.00. The van der Waals surface area contributed by atoms with Gasteiger partial charge in [-0.2, -0.15) is 0 Å². The topological polar surface area (TPSA) is 9.72 Å². The van der Waals surface area contributed by atoms with Crippen LogP contribution in [-0.4, -0.2) is 73.6 Å². The maximum Gasteiger partial charge on any atom is 0.0110 e. The van der Waals surface area contributed by atoms with E-state index in [-0.39, 0.29) is 0 Å². The first-order valence-electron chi connectivity index (χ1n) is 7.61. The molecule has 0 aromatic carbocycles. The summed E-state index contributed by atoms with van der Waals surface area (Å²) in [7, 11) is 0. The number of hydrogen-bond donors (Lipinski definition) is 0. The Balaban J connectivity index is 2.57. The van der Waals surface area contributed by atoms with E-state index in [0.29, 0.717) is 5.41 Å². The number of hydrogen-bond acceptors (Lipinski definition) is 3. The molecular formula is C15H33N3. The van der Waals surface area contributed by atoms with Gasteiger partial charge in [-0.1, -0.05) is 34.6 Å². The van der Waals surface area contributed by atoms with Gasteiger partial charge in [0.05, 0.1) is 0 Å². The van der Waals surface area contributed by atoms with Gasteiger partial charge < -0.3 is 14.7 Å². The van der Waals surface area contributed by atoms with Gasteiger partial charge in [-0.3, -0.25) is 0 Å². The second-order valence-electron chi connectivity index (χ2n) is 6.71. The molecule has 18 heavy (non-hydrogen) atoms. The average Bonchev–Trinajstić information content (AvgIpc) is 2.38. The minimum Gasteiger partial charge on any atom is -0.301 e. The lowest BCUT2D eigenvalue weighted by atomic mass is 9.96. The van der Waals surface area contributed by atoms with Gasteiger partial charge in [0.1, 0.15) is 0 Å². The minimum atomic E-state index is 0.405. The Labute approximate surface area is 114 Å². The van der Waals surface area contributed by atoms with Crippen molar-refractivity contribution in [1.29, 1.82) is 0 Å². The van der Waals surface area contributed by atoms with Crippen molar-refractivity contribution in [3.05, 3.63) is 0 Å². The molecule has 1 heterocycles. The van der Waals surface area contributed by atoms with Gasteiger partial charge in [-0.25, -0.2) is 0 Å². The summed E-state index contributed by atoms with van der Waals surface area (Å²) in [4.78, 5) is 7.82. The van der Waals surface area contributed by atoms with Gasteiger partial charge in [0.15, 0.2) is 0 Å². The Kier molecular flexibility index (Phi) is 6.61. The van der Waals surface area contributed by atoms with Crippen LogP contribution in [0.1, 0.15) is 34.6 Å². The molecule has 0 radical (unpaired) electrons. The lowest BCUT2D eigenvalue weighted by molar-refractivity contribution is 0.167. The second-order valence-corrected chi connectivity index (χ2v) is 6.71. The summed E-state index contributed by atoms with van der Waals surface area (Å²) in [5.74, 6) is 0. The lowest BCUT2D eigenvalue weighted by Gasteiger charge is -2.31. The van der Waals surface area contributed by atoms with Gasteiger partial charge in [0, 0.05) is 45.8 Å². The zero-order valence-electron chi connectivity index (χ0n) is 13.2. The zero-order chi connectivity index (χ0) is 13.6. The molecule has 1 fully saturated rings. The van der Waals surface area contributed by atoms with Crippen LogP contribution in [0.5, 0.6) is 0 Å². The summed E-state index contributed by atoms with van der Waals surface area (Å²) in [5, 5.41) is 0. The highest BCUT2D eigenvalue weighted by atomic mass is 15.3. The van der Waals surface area contributed by atoms with Crippen LogP contribution < -0.4 is 0 Å². The quantitative estimate of drug-likeness (QED) is 0.764. The molecule has 3 nitrogen and oxygen atoms in total. The fourth-order valence-corrected chi connectivity index (χ4v) is 2.65. The maximum atomic E-state index is 2.65. The molecule has 0 N–H and O–H groups in total. The van der Waals surface area contributed by atoms with Crippen LogP contribution >= 0.6 is 0 Å². The highest BCUT2D eigenvalue weighted by Crippen LogP contribution is 2.15. The SMILES string of the molecule is CCN1CCN(CC)CCN(CC(C)(C)C)CC1. The van der Waals surface area contributed by atoms with Gasteiger partial charge in [0.25, 0.3) is 0 Å². The highest BCUT2D eigenvalue weighted by Gasteiger charge is 2.19. The predicted molar refractivity (Wildman–Crippen MR) is 80.1 cm³/mol. The third-order valence-corrected chi connectivity index (χ3v) is 3.79. The van der Waals surface area contributed by atoms with E-state index in [0.717, 1.165) is 0 Å². The third-order valence-electron chi connectivity index (χ3n) is 3.79. The molecule has 0 spiro atoms. The molecule has 0 atom stereocenters. The van der Waals surface area contributed by atoms with Gasteiger partial charge >= 0.3 is 0 Å². The van der Waals surface area contributed by atoms with E-state index in [1.54, 1.807) is 0 Å². The van der Waals surface area contributed by atoms with Crippen molar-refractivity contribution in [2.75, 3.05) is 58.9 Å². The van der Waals surface area contributed by atoms with E-state index >= 15 is 0 Å². The van der Waals surface area contributed by atoms with E-state index < -0.39 is 0 Å². The highest BCUT2D eigenvalue weighted by molar-refractivity contribution is 4.74. The van der Waals surface area contributed by atoms with Crippen molar-refractivity contribution in [3.63, 3.8) is 0 Å². The monoisotopic (exact) mass is 255 g/mol. The first-order valence-corrected chi connectivity index (χ1v) is 7.61. The summed E-state index contributed by atoms with van der Waals surface area (Å²) >= 11 is 0. The smallest absolute Gasteiger partial charge is 0.0110 e. The summed E-state index contributed by atoms with van der Waals surface area (Å²) in [6, 6.07) is 0. The molecule has 0 aromatic heterocycles. The van der Waals surface area contributed by atoms with Crippen LogP contribution in [0.4, 0.5) is 0 Å². The standard InChI is InChI=1S/C15H33N3/c1-6-16-8-9-17(7-2)11-13-18(12-10-16)14-15(3,4)5/h6-14H2,1-5H3. The van der Waals surface area contributed by atoms with E-state index in [9.17, 15) is 0 Å². The number of nitrogens with zero attached hydrogens (tertiary/aromatic N) is 3. The normalized spacial score (nSPS) is 22.5. The molecule has 0 aromatic rings. The minimum absolute atomic E-state index is 0.405. The van der Waals surface area contributed by atoms with E-state index in [2.05, 4.69) is 49.3 Å². The van der Waals surface area contributed by atoms with Crippen LogP contribution in [0.25, 0.3) is 0 Å². The van der Waals surface area contributed by atoms with Crippen LogP contribution in [0.3, 0.4) is 0 Å². The summed E-state index contributed by atoms with van der Waals surface area (Å²) in [6.45, 7) is 22.5. The Hall–Kier alpha value is -0.120. The molecule has 1 rings (SSSR count).